The molecule has 0 aliphatic carbocycles. The minimum Gasteiger partial charge on any atom is -0.477 e. The van der Waals surface area contributed by atoms with E-state index in [0.717, 1.165) is 9.78 Å². The summed E-state index contributed by atoms with van der Waals surface area (Å²) in [6.07, 6.45) is 1.73. The number of carbonyl (C=O) groups is 4. The minimum atomic E-state index is -1.26. The van der Waals surface area contributed by atoms with Crippen LogP contribution in [0.1, 0.15) is 4.88 Å². The fraction of sp³-hybridized carbons (Fsp3) is 0.267. The van der Waals surface area contributed by atoms with Crippen molar-refractivity contribution in [2.24, 2.45) is 5.10 Å². The van der Waals surface area contributed by atoms with E-state index in [1.807, 2.05) is 17.5 Å². The molecule has 1 aromatic heterocycles. The van der Waals surface area contributed by atoms with Crippen LogP contribution in [0.15, 0.2) is 33.9 Å². The standard InChI is InChI=1S/C15H14N4O5S2/c20-7-17-16-5-8-6-26-14-11(13(22)19(14)12(8)15(23)24)18-10(21)4-9-2-1-3-25-9/h1-3,5,7,11,14H,4,6H2,(H,17,20)(H,18,21)(H,23,24)/t11?,14-/m0/s1. The van der Waals surface area contributed by atoms with Crippen LogP contribution in [0.25, 0.3) is 0 Å². The second-order valence-corrected chi connectivity index (χ2v) is 7.53. The summed E-state index contributed by atoms with van der Waals surface area (Å²) >= 11 is 2.78. The zero-order valence-corrected chi connectivity index (χ0v) is 14.9. The molecule has 2 aliphatic rings. The normalized spacial score (nSPS) is 22.0. The maximum Gasteiger partial charge on any atom is 0.353 e. The van der Waals surface area contributed by atoms with Gasteiger partial charge in [-0.2, -0.15) is 5.10 Å². The predicted octanol–water partition coefficient (Wildman–Crippen LogP) is -0.239. The number of rotatable bonds is 7. The minimum absolute atomic E-state index is 0.176. The quantitative estimate of drug-likeness (QED) is 0.253. The zero-order valence-electron chi connectivity index (χ0n) is 13.2. The zero-order chi connectivity index (χ0) is 18.7. The average molecular weight is 394 g/mol. The number of carboxylic acids is 1. The first kappa shape index (κ1) is 18.1. The fourth-order valence-corrected chi connectivity index (χ4v) is 4.68. The first-order chi connectivity index (χ1) is 12.5. The maximum atomic E-state index is 12.4. The number of β-lactam (4-membered cyclic amide) rings is 1. The fourth-order valence-electron chi connectivity index (χ4n) is 2.68. The average Bonchev–Trinajstić information content (AvgIpc) is 3.12. The molecular formula is C15H14N4O5S2. The molecule has 0 aromatic carbocycles. The Kier molecular flexibility index (Phi) is 5.38. The van der Waals surface area contributed by atoms with Gasteiger partial charge in [-0.15, -0.1) is 23.1 Å². The molecule has 2 atom stereocenters. The third-order valence-electron chi connectivity index (χ3n) is 3.78. The van der Waals surface area contributed by atoms with Gasteiger partial charge in [0.1, 0.15) is 17.1 Å². The summed E-state index contributed by atoms with van der Waals surface area (Å²) in [4.78, 5) is 48.4. The molecule has 11 heteroatoms. The van der Waals surface area contributed by atoms with E-state index < -0.39 is 23.3 Å². The van der Waals surface area contributed by atoms with Gasteiger partial charge >= 0.3 is 5.97 Å². The maximum absolute atomic E-state index is 12.4. The Balaban J connectivity index is 1.71. The van der Waals surface area contributed by atoms with Crippen LogP contribution in [-0.4, -0.2) is 57.6 Å². The topological polar surface area (TPSA) is 128 Å². The van der Waals surface area contributed by atoms with E-state index in [1.54, 1.807) is 0 Å². The Bertz CT molecular complexity index is 805. The van der Waals surface area contributed by atoms with Crippen LogP contribution in [0.2, 0.25) is 0 Å². The van der Waals surface area contributed by atoms with Gasteiger partial charge in [0.2, 0.25) is 12.3 Å². The van der Waals surface area contributed by atoms with E-state index >= 15 is 0 Å². The van der Waals surface area contributed by atoms with E-state index in [4.69, 9.17) is 0 Å². The molecule has 1 saturated heterocycles. The number of fused-ring (bicyclic) bond motifs is 1. The van der Waals surface area contributed by atoms with Crippen LogP contribution < -0.4 is 10.7 Å². The molecule has 3 heterocycles. The number of carbonyl (C=O) groups excluding carboxylic acids is 3. The van der Waals surface area contributed by atoms with Crippen molar-refractivity contribution in [2.45, 2.75) is 17.8 Å². The molecule has 9 nitrogen and oxygen atoms in total. The highest BCUT2D eigenvalue weighted by atomic mass is 32.2. The van der Waals surface area contributed by atoms with Crippen molar-refractivity contribution in [3.05, 3.63) is 33.7 Å². The highest BCUT2D eigenvalue weighted by molar-refractivity contribution is 8.00. The van der Waals surface area contributed by atoms with Crippen LogP contribution >= 0.6 is 23.1 Å². The van der Waals surface area contributed by atoms with Crippen molar-refractivity contribution >= 4 is 53.5 Å². The number of thioether (sulfide) groups is 1. The lowest BCUT2D eigenvalue weighted by molar-refractivity contribution is -0.150. The van der Waals surface area contributed by atoms with E-state index in [1.165, 1.54) is 29.3 Å². The van der Waals surface area contributed by atoms with Gasteiger partial charge < -0.3 is 10.4 Å². The lowest BCUT2D eigenvalue weighted by Gasteiger charge is -2.49. The first-order valence-corrected chi connectivity index (χ1v) is 9.41. The van der Waals surface area contributed by atoms with Gasteiger partial charge in [-0.1, -0.05) is 6.07 Å². The Morgan fingerprint density at radius 1 is 1.46 bits per heavy atom. The molecule has 0 bridgehead atoms. The van der Waals surface area contributed by atoms with E-state index in [9.17, 15) is 24.3 Å². The molecule has 0 saturated carbocycles. The number of amides is 3. The van der Waals surface area contributed by atoms with Gasteiger partial charge in [0.05, 0.1) is 12.6 Å². The number of thiophene rings is 1. The smallest absolute Gasteiger partial charge is 0.353 e. The lowest BCUT2D eigenvalue weighted by atomic mass is 10.0. The number of hydrazone groups is 1. The van der Waals surface area contributed by atoms with Crippen molar-refractivity contribution in [3.8, 4) is 0 Å². The molecule has 3 amide bonds. The largest absolute Gasteiger partial charge is 0.477 e. The van der Waals surface area contributed by atoms with Crippen LogP contribution in [0.4, 0.5) is 0 Å². The van der Waals surface area contributed by atoms with Crippen LogP contribution in [0, 0.1) is 0 Å². The van der Waals surface area contributed by atoms with Gasteiger partial charge in [0.25, 0.3) is 5.91 Å². The highest BCUT2D eigenvalue weighted by Gasteiger charge is 2.54. The number of hydrogen-bond acceptors (Lipinski definition) is 7. The predicted molar refractivity (Wildman–Crippen MR) is 95.4 cm³/mol. The number of aliphatic carboxylic acids is 1. The van der Waals surface area contributed by atoms with Crippen molar-refractivity contribution in [3.63, 3.8) is 0 Å². The Labute approximate surface area is 156 Å². The number of hydrogen-bond donors (Lipinski definition) is 3. The summed E-state index contributed by atoms with van der Waals surface area (Å²) < 4.78 is 0. The summed E-state index contributed by atoms with van der Waals surface area (Å²) in [5, 5.41) is 17.1. The molecule has 26 heavy (non-hydrogen) atoms. The van der Waals surface area contributed by atoms with Gasteiger partial charge in [-0.25, -0.2) is 10.2 Å². The Morgan fingerprint density at radius 2 is 2.27 bits per heavy atom. The number of nitrogens with one attached hydrogen (secondary N) is 2. The molecule has 3 rings (SSSR count). The molecule has 2 aliphatic heterocycles. The van der Waals surface area contributed by atoms with Crippen LogP contribution in [-0.2, 0) is 25.6 Å². The molecule has 1 aromatic rings. The van der Waals surface area contributed by atoms with E-state index in [-0.39, 0.29) is 23.8 Å². The molecule has 1 fully saturated rings. The molecule has 0 radical (unpaired) electrons. The number of nitrogens with zero attached hydrogens (tertiary/aromatic N) is 2. The molecule has 0 spiro atoms. The van der Waals surface area contributed by atoms with Gasteiger partial charge in [0.15, 0.2) is 0 Å². The second-order valence-electron chi connectivity index (χ2n) is 5.40. The molecule has 1 unspecified atom stereocenters. The van der Waals surface area contributed by atoms with Crippen molar-refractivity contribution < 1.29 is 24.3 Å². The highest BCUT2D eigenvalue weighted by Crippen LogP contribution is 2.39. The first-order valence-electron chi connectivity index (χ1n) is 7.48. The van der Waals surface area contributed by atoms with Crippen molar-refractivity contribution in [2.75, 3.05) is 5.75 Å². The molecule has 3 N–H and O–H groups in total. The van der Waals surface area contributed by atoms with Gasteiger partial charge in [-0.3, -0.25) is 19.3 Å². The van der Waals surface area contributed by atoms with Crippen molar-refractivity contribution in [1.29, 1.82) is 0 Å². The Hall–Kier alpha value is -2.66. The molecular weight excluding hydrogens is 380 g/mol. The van der Waals surface area contributed by atoms with Crippen LogP contribution in [0.3, 0.4) is 0 Å². The monoisotopic (exact) mass is 394 g/mol. The van der Waals surface area contributed by atoms with Gasteiger partial charge in [0, 0.05) is 16.2 Å². The summed E-state index contributed by atoms with van der Waals surface area (Å²) in [5.74, 6) is -1.74. The Morgan fingerprint density at radius 3 is 2.92 bits per heavy atom. The third kappa shape index (κ3) is 3.48. The summed E-state index contributed by atoms with van der Waals surface area (Å²) in [5.41, 5.74) is 2.19. The van der Waals surface area contributed by atoms with Crippen molar-refractivity contribution in [1.82, 2.24) is 15.6 Å². The lowest BCUT2D eigenvalue weighted by Crippen LogP contribution is -2.70. The summed E-state index contributed by atoms with van der Waals surface area (Å²) in [6.45, 7) is 0. The third-order valence-corrected chi connectivity index (χ3v) is 5.96. The second kappa shape index (κ2) is 7.70. The summed E-state index contributed by atoms with van der Waals surface area (Å²) in [6, 6.07) is 2.92. The van der Waals surface area contributed by atoms with Crippen LogP contribution in [0.5, 0.6) is 0 Å². The summed E-state index contributed by atoms with van der Waals surface area (Å²) in [7, 11) is 0. The SMILES string of the molecule is O=CNN=CC1=C(C(=O)O)N2C(=O)C(NC(=O)Cc3cccs3)[C@@H]2SC1. The van der Waals surface area contributed by atoms with E-state index in [2.05, 4.69) is 15.8 Å². The number of carboxylic acid groups (broad SMARTS) is 1. The molecule has 136 valence electrons. The van der Waals surface area contributed by atoms with Gasteiger partial charge in [-0.05, 0) is 11.4 Å². The van der Waals surface area contributed by atoms with E-state index in [0.29, 0.717) is 12.0 Å².